The number of benzene rings is 2. The van der Waals surface area contributed by atoms with E-state index in [2.05, 4.69) is 6.58 Å². The van der Waals surface area contributed by atoms with E-state index in [1.54, 1.807) is 18.2 Å². The Morgan fingerprint density at radius 1 is 1.05 bits per heavy atom. The molecule has 2 rings (SSSR count). The number of carbonyl (C=O) groups is 1. The second kappa shape index (κ2) is 7.22. The Kier molecular flexibility index (Phi) is 5.07. The van der Waals surface area contributed by atoms with Gasteiger partial charge in [-0.15, -0.1) is 0 Å². The lowest BCUT2D eigenvalue weighted by molar-refractivity contribution is -0.144. The molecule has 0 saturated carbocycles. The van der Waals surface area contributed by atoms with Crippen LogP contribution in [0.5, 0.6) is 0 Å². The highest BCUT2D eigenvalue weighted by Gasteiger charge is 2.20. The molecule has 3 nitrogen and oxygen atoms in total. The summed E-state index contributed by atoms with van der Waals surface area (Å²) in [5, 5.41) is 9.93. The lowest BCUT2D eigenvalue weighted by Crippen LogP contribution is -2.22. The molecule has 0 aliphatic carbocycles. The number of hydrogen-bond donors (Lipinski definition) is 1. The molecule has 0 heterocycles. The quantitative estimate of drug-likeness (QED) is 0.675. The highest BCUT2D eigenvalue weighted by Crippen LogP contribution is 2.17. The normalized spacial score (nSPS) is 12.0. The van der Waals surface area contributed by atoms with Crippen LogP contribution in [0.4, 0.5) is 0 Å². The van der Waals surface area contributed by atoms with Crippen LogP contribution < -0.4 is 0 Å². The van der Waals surface area contributed by atoms with Crippen molar-refractivity contribution >= 4 is 17.6 Å². The molecule has 0 saturated heterocycles. The van der Waals surface area contributed by atoms with Crippen LogP contribution in [-0.4, -0.2) is 17.2 Å². The van der Waals surface area contributed by atoms with Gasteiger partial charge in [0.2, 0.25) is 0 Å². The van der Waals surface area contributed by atoms with E-state index in [-0.39, 0.29) is 0 Å². The number of ether oxygens (including phenoxy) is 1. The fraction of sp³-hybridized carbons (Fsp3) is 0.0556. The molecule has 1 N–H and O–H groups in total. The Hall–Kier alpha value is -2.65. The van der Waals surface area contributed by atoms with Crippen molar-refractivity contribution in [1.29, 1.82) is 0 Å². The lowest BCUT2D eigenvalue weighted by Gasteiger charge is -2.11. The molecule has 106 valence electrons. The van der Waals surface area contributed by atoms with Crippen molar-refractivity contribution in [2.24, 2.45) is 0 Å². The number of hydrogen-bond acceptors (Lipinski definition) is 3. The molecule has 21 heavy (non-hydrogen) atoms. The minimum absolute atomic E-state index is 0.314. The van der Waals surface area contributed by atoms with Gasteiger partial charge < -0.3 is 9.84 Å². The third kappa shape index (κ3) is 4.16. The summed E-state index contributed by atoms with van der Waals surface area (Å²) in [6, 6.07) is 18.5. The zero-order valence-corrected chi connectivity index (χ0v) is 11.5. The van der Waals surface area contributed by atoms with Gasteiger partial charge in [0.1, 0.15) is 0 Å². The predicted molar refractivity (Wildman–Crippen MR) is 83.1 cm³/mol. The van der Waals surface area contributed by atoms with Crippen molar-refractivity contribution in [3.8, 4) is 0 Å². The number of esters is 1. The average Bonchev–Trinajstić information content (AvgIpc) is 2.55. The zero-order chi connectivity index (χ0) is 15.1. The van der Waals surface area contributed by atoms with Crippen LogP contribution in [-0.2, 0) is 9.53 Å². The van der Waals surface area contributed by atoms with E-state index in [0.717, 1.165) is 5.56 Å². The molecule has 0 amide bonds. The fourth-order valence-electron chi connectivity index (χ4n) is 1.76. The Bertz CT molecular complexity index is 630. The molecule has 0 aromatic heterocycles. The molecule has 1 unspecified atom stereocenters. The molecule has 0 spiro atoms. The summed E-state index contributed by atoms with van der Waals surface area (Å²) in [5.74, 6) is -0.754. The maximum Gasteiger partial charge on any atom is 0.344 e. The maximum absolute atomic E-state index is 11.8. The van der Waals surface area contributed by atoms with Crippen LogP contribution >= 0.6 is 0 Å². The van der Waals surface area contributed by atoms with Crippen LogP contribution in [0.3, 0.4) is 0 Å². The first-order valence-corrected chi connectivity index (χ1v) is 6.53. The Morgan fingerprint density at radius 2 is 1.62 bits per heavy atom. The minimum Gasteiger partial charge on any atom is -0.432 e. The molecular formula is C18H16O3. The van der Waals surface area contributed by atoms with E-state index in [0.29, 0.717) is 11.1 Å². The first-order valence-electron chi connectivity index (χ1n) is 6.53. The van der Waals surface area contributed by atoms with Gasteiger partial charge in [-0.3, -0.25) is 0 Å². The zero-order valence-electron chi connectivity index (χ0n) is 11.5. The fourth-order valence-corrected chi connectivity index (χ4v) is 1.76. The van der Waals surface area contributed by atoms with Crippen molar-refractivity contribution in [3.63, 3.8) is 0 Å². The summed E-state index contributed by atoms with van der Waals surface area (Å²) in [6.45, 7) is 3.74. The molecule has 1 atom stereocenters. The van der Waals surface area contributed by atoms with E-state index >= 15 is 0 Å². The van der Waals surface area contributed by atoms with E-state index in [1.165, 1.54) is 6.26 Å². The van der Waals surface area contributed by atoms with Gasteiger partial charge in [0.05, 0.1) is 6.26 Å². The standard InChI is InChI=1S/C18H16O3/c1-14(16-10-6-3-7-11-16)17(19)18(20)21-13-12-15-8-4-2-5-9-15/h2-13,17,19H,1H2. The van der Waals surface area contributed by atoms with Gasteiger partial charge >= 0.3 is 5.97 Å². The van der Waals surface area contributed by atoms with Gasteiger partial charge in [0.25, 0.3) is 0 Å². The molecule has 2 aromatic rings. The van der Waals surface area contributed by atoms with Gasteiger partial charge in [-0.2, -0.15) is 0 Å². The second-order valence-electron chi connectivity index (χ2n) is 4.44. The van der Waals surface area contributed by atoms with Crippen molar-refractivity contribution in [2.75, 3.05) is 0 Å². The first kappa shape index (κ1) is 14.8. The van der Waals surface area contributed by atoms with E-state index in [9.17, 15) is 9.90 Å². The summed E-state index contributed by atoms with van der Waals surface area (Å²) in [7, 11) is 0. The number of aliphatic hydroxyl groups is 1. The second-order valence-corrected chi connectivity index (χ2v) is 4.44. The van der Waals surface area contributed by atoms with Crippen molar-refractivity contribution in [1.82, 2.24) is 0 Å². The number of aliphatic hydroxyl groups excluding tert-OH is 1. The van der Waals surface area contributed by atoms with Crippen LogP contribution in [0.25, 0.3) is 11.6 Å². The Balaban J connectivity index is 1.94. The largest absolute Gasteiger partial charge is 0.432 e. The third-order valence-corrected chi connectivity index (χ3v) is 2.94. The van der Waals surface area contributed by atoms with Crippen LogP contribution in [0.2, 0.25) is 0 Å². The molecule has 0 aliphatic rings. The monoisotopic (exact) mass is 280 g/mol. The summed E-state index contributed by atoms with van der Waals surface area (Å²) in [5.41, 5.74) is 1.92. The third-order valence-electron chi connectivity index (χ3n) is 2.94. The van der Waals surface area contributed by atoms with Crippen LogP contribution in [0.1, 0.15) is 11.1 Å². The van der Waals surface area contributed by atoms with E-state index < -0.39 is 12.1 Å². The van der Waals surface area contributed by atoms with Gasteiger partial charge in [0, 0.05) is 0 Å². The van der Waals surface area contributed by atoms with Crippen LogP contribution in [0, 0.1) is 0 Å². The summed E-state index contributed by atoms with van der Waals surface area (Å²) in [6.07, 6.45) is 1.53. The highest BCUT2D eigenvalue weighted by atomic mass is 16.5. The lowest BCUT2D eigenvalue weighted by atomic mass is 10.0. The van der Waals surface area contributed by atoms with Crippen molar-refractivity contribution in [3.05, 3.63) is 84.6 Å². The summed E-state index contributed by atoms with van der Waals surface area (Å²) < 4.78 is 4.92. The highest BCUT2D eigenvalue weighted by molar-refractivity contribution is 5.90. The SMILES string of the molecule is C=C(c1ccccc1)C(O)C(=O)OC=Cc1ccccc1. The molecule has 0 aliphatic heterocycles. The maximum atomic E-state index is 11.8. The summed E-state index contributed by atoms with van der Waals surface area (Å²) >= 11 is 0. The van der Waals surface area contributed by atoms with Gasteiger partial charge in [-0.1, -0.05) is 67.2 Å². The molecule has 0 radical (unpaired) electrons. The Labute approximate surface area is 123 Å². The Morgan fingerprint density at radius 3 is 2.24 bits per heavy atom. The molecule has 2 aromatic carbocycles. The predicted octanol–water partition coefficient (Wildman–Crippen LogP) is 3.27. The molecule has 3 heteroatoms. The molecular weight excluding hydrogens is 264 g/mol. The summed E-state index contributed by atoms with van der Waals surface area (Å²) in [4.78, 5) is 11.8. The molecule has 0 fully saturated rings. The number of carbonyl (C=O) groups excluding carboxylic acids is 1. The minimum atomic E-state index is -1.38. The number of rotatable bonds is 5. The topological polar surface area (TPSA) is 46.5 Å². The van der Waals surface area contributed by atoms with E-state index in [1.807, 2.05) is 48.5 Å². The smallest absolute Gasteiger partial charge is 0.344 e. The van der Waals surface area contributed by atoms with Crippen molar-refractivity contribution < 1.29 is 14.6 Å². The molecule has 0 bridgehead atoms. The van der Waals surface area contributed by atoms with Gasteiger partial charge in [0.15, 0.2) is 6.10 Å². The first-order chi connectivity index (χ1) is 10.2. The van der Waals surface area contributed by atoms with Crippen LogP contribution in [0.15, 0.2) is 73.5 Å². The average molecular weight is 280 g/mol. The van der Waals surface area contributed by atoms with E-state index in [4.69, 9.17) is 4.74 Å². The van der Waals surface area contributed by atoms with Gasteiger partial charge in [-0.25, -0.2) is 4.79 Å². The van der Waals surface area contributed by atoms with Gasteiger partial charge in [-0.05, 0) is 22.8 Å². The van der Waals surface area contributed by atoms with Crippen molar-refractivity contribution in [2.45, 2.75) is 6.10 Å².